The lowest BCUT2D eigenvalue weighted by Gasteiger charge is -2.60. The Morgan fingerprint density at radius 1 is 1.07 bits per heavy atom. The van der Waals surface area contributed by atoms with Gasteiger partial charge in [0.2, 0.25) is 0 Å². The summed E-state index contributed by atoms with van der Waals surface area (Å²) in [4.78, 5) is 13.7. The smallest absolute Gasteiger partial charge is 0.174 e. The molecule has 160 valence electrons. The fourth-order valence-electron chi connectivity index (χ4n) is 7.65. The Bertz CT molecular complexity index is 736. The zero-order valence-electron chi connectivity index (χ0n) is 17.5. The summed E-state index contributed by atoms with van der Waals surface area (Å²) in [5.74, 6) is -0.463. The van der Waals surface area contributed by atoms with E-state index in [4.69, 9.17) is 23.7 Å². The molecule has 6 heteroatoms. The first-order valence-electron chi connectivity index (χ1n) is 11.4. The van der Waals surface area contributed by atoms with E-state index >= 15 is 0 Å². The minimum Gasteiger partial charge on any atom is -0.362 e. The van der Waals surface area contributed by atoms with E-state index < -0.39 is 17.2 Å². The van der Waals surface area contributed by atoms with E-state index in [9.17, 15) is 4.79 Å². The van der Waals surface area contributed by atoms with Gasteiger partial charge in [0.15, 0.2) is 11.6 Å². The van der Waals surface area contributed by atoms with Crippen molar-refractivity contribution < 1.29 is 28.5 Å². The Labute approximate surface area is 172 Å². The monoisotopic (exact) mass is 404 g/mol. The van der Waals surface area contributed by atoms with Crippen molar-refractivity contribution in [1.82, 2.24) is 0 Å². The number of carbonyl (C=O) groups excluding carboxylic acids is 1. The maximum absolute atomic E-state index is 13.7. The van der Waals surface area contributed by atoms with Gasteiger partial charge in [0.25, 0.3) is 0 Å². The molecule has 2 saturated carbocycles. The third kappa shape index (κ3) is 2.38. The van der Waals surface area contributed by atoms with E-state index in [0.29, 0.717) is 38.6 Å². The lowest BCUT2D eigenvalue weighted by Crippen LogP contribution is -2.66. The van der Waals surface area contributed by atoms with Crippen molar-refractivity contribution in [1.29, 1.82) is 0 Å². The fraction of sp³-hybridized carbons (Fsp3) is 0.870. The van der Waals surface area contributed by atoms with E-state index in [0.717, 1.165) is 32.1 Å². The molecule has 4 aliphatic heterocycles. The topological polar surface area (TPSA) is 63.2 Å². The molecule has 5 fully saturated rings. The largest absolute Gasteiger partial charge is 0.362 e. The van der Waals surface area contributed by atoms with Crippen molar-refractivity contribution in [3.8, 4) is 0 Å². The van der Waals surface area contributed by atoms with Crippen molar-refractivity contribution in [2.75, 3.05) is 26.4 Å². The van der Waals surface area contributed by atoms with E-state index in [1.807, 2.05) is 6.92 Å². The Kier molecular flexibility index (Phi) is 4.00. The first-order chi connectivity index (χ1) is 13.9. The first kappa shape index (κ1) is 18.9. The third-order valence-electron chi connectivity index (χ3n) is 8.88. The van der Waals surface area contributed by atoms with Gasteiger partial charge in [-0.15, -0.1) is 0 Å². The number of hydrogen-bond acceptors (Lipinski definition) is 6. The molecule has 6 nitrogen and oxygen atoms in total. The highest BCUT2D eigenvalue weighted by Crippen LogP contribution is 2.67. The molecule has 0 aromatic carbocycles. The van der Waals surface area contributed by atoms with E-state index in [1.54, 1.807) is 0 Å². The number of carbonyl (C=O) groups is 1. The van der Waals surface area contributed by atoms with Crippen LogP contribution in [0.3, 0.4) is 0 Å². The van der Waals surface area contributed by atoms with Gasteiger partial charge in [0.1, 0.15) is 11.4 Å². The molecule has 3 saturated heterocycles. The molecule has 0 N–H and O–H groups in total. The van der Waals surface area contributed by atoms with E-state index in [-0.39, 0.29) is 29.3 Å². The van der Waals surface area contributed by atoms with Gasteiger partial charge in [-0.05, 0) is 26.2 Å². The third-order valence-corrected chi connectivity index (χ3v) is 8.88. The number of fused-ring (bicyclic) bond motifs is 3. The highest BCUT2D eigenvalue weighted by molar-refractivity contribution is 5.86. The standard InChI is InChI=1S/C23H32O6/c1-20-14-16(24)19-15(5-8-21(2)25-10-11-26-21)17-6-9-22(19,29-17)18(20)4-3-7-23(20)27-12-13-28-23/h6,9,15,17-19H,3-5,7-8,10-14H2,1-2H3/t15-,17-,18+,19+,20-,22-/m0/s1. The minimum absolute atomic E-state index is 0.0135. The van der Waals surface area contributed by atoms with Crippen LogP contribution in [-0.2, 0) is 28.5 Å². The van der Waals surface area contributed by atoms with Gasteiger partial charge in [-0.1, -0.05) is 19.1 Å². The average molecular weight is 405 g/mol. The van der Waals surface area contributed by atoms with Gasteiger partial charge >= 0.3 is 0 Å². The molecule has 0 amide bonds. The van der Waals surface area contributed by atoms with Gasteiger partial charge in [-0.25, -0.2) is 0 Å². The summed E-state index contributed by atoms with van der Waals surface area (Å²) in [5, 5.41) is 0. The summed E-state index contributed by atoms with van der Waals surface area (Å²) in [6, 6.07) is 0. The summed E-state index contributed by atoms with van der Waals surface area (Å²) in [6.07, 6.45) is 9.62. The van der Waals surface area contributed by atoms with Gasteiger partial charge < -0.3 is 23.7 Å². The van der Waals surface area contributed by atoms with Crippen molar-refractivity contribution >= 4 is 5.78 Å². The van der Waals surface area contributed by atoms with Crippen molar-refractivity contribution in [3.63, 3.8) is 0 Å². The maximum Gasteiger partial charge on any atom is 0.174 e. The number of rotatable bonds is 3. The van der Waals surface area contributed by atoms with Crippen molar-refractivity contribution in [2.45, 2.75) is 75.7 Å². The molecule has 6 aliphatic rings. The van der Waals surface area contributed by atoms with Gasteiger partial charge in [0, 0.05) is 36.5 Å². The number of ether oxygens (including phenoxy) is 5. The SMILES string of the molecule is CC1(CC[C@H]2[C@@H]3C=C[C@@]4(O3)[C@H]2C(=O)C[C@@]2(C)[C@H]4CCCC23OCCO3)OCCO1. The second kappa shape index (κ2) is 6.13. The molecule has 2 bridgehead atoms. The van der Waals surface area contributed by atoms with Crippen LogP contribution in [-0.4, -0.2) is 55.5 Å². The second-order valence-corrected chi connectivity index (χ2v) is 10.3. The Morgan fingerprint density at radius 2 is 1.79 bits per heavy atom. The molecule has 6 atom stereocenters. The molecule has 29 heavy (non-hydrogen) atoms. The van der Waals surface area contributed by atoms with E-state index in [2.05, 4.69) is 19.1 Å². The Balaban J connectivity index is 1.32. The lowest BCUT2D eigenvalue weighted by molar-refractivity contribution is -0.293. The van der Waals surface area contributed by atoms with Gasteiger partial charge in [-0.2, -0.15) is 0 Å². The van der Waals surface area contributed by atoms with Crippen LogP contribution < -0.4 is 0 Å². The zero-order chi connectivity index (χ0) is 19.9. The molecule has 0 aromatic rings. The number of Topliss-reactive ketones (excluding diaryl/α,β-unsaturated/α-hetero) is 1. The van der Waals surface area contributed by atoms with Crippen LogP contribution in [0.1, 0.15) is 52.4 Å². The summed E-state index contributed by atoms with van der Waals surface area (Å²) < 4.78 is 30.8. The highest BCUT2D eigenvalue weighted by atomic mass is 16.7. The van der Waals surface area contributed by atoms with Crippen LogP contribution >= 0.6 is 0 Å². The van der Waals surface area contributed by atoms with Crippen LogP contribution in [0.4, 0.5) is 0 Å². The van der Waals surface area contributed by atoms with Crippen molar-refractivity contribution in [2.24, 2.45) is 23.2 Å². The van der Waals surface area contributed by atoms with Gasteiger partial charge in [-0.3, -0.25) is 4.79 Å². The number of hydrogen-bond donors (Lipinski definition) is 0. The average Bonchev–Trinajstić information content (AvgIpc) is 3.46. The zero-order valence-corrected chi connectivity index (χ0v) is 17.5. The molecule has 0 aromatic heterocycles. The number of ketones is 1. The molecule has 4 heterocycles. The predicted molar refractivity (Wildman–Crippen MR) is 103 cm³/mol. The molecule has 2 spiro atoms. The first-order valence-corrected chi connectivity index (χ1v) is 11.4. The Hall–Kier alpha value is -0.790. The fourth-order valence-corrected chi connectivity index (χ4v) is 7.65. The van der Waals surface area contributed by atoms with Gasteiger partial charge in [0.05, 0.1) is 38.4 Å². The normalized spacial score (nSPS) is 49.0. The molecule has 6 rings (SSSR count). The molecule has 0 radical (unpaired) electrons. The second-order valence-electron chi connectivity index (χ2n) is 10.3. The minimum atomic E-state index is -0.627. The van der Waals surface area contributed by atoms with Crippen molar-refractivity contribution in [3.05, 3.63) is 12.2 Å². The molecular formula is C23H32O6. The summed E-state index contributed by atoms with van der Waals surface area (Å²) in [6.45, 7) is 6.76. The molecular weight excluding hydrogens is 372 g/mol. The lowest BCUT2D eigenvalue weighted by atomic mass is 9.47. The maximum atomic E-state index is 13.7. The van der Waals surface area contributed by atoms with E-state index in [1.165, 1.54) is 0 Å². The summed E-state index contributed by atoms with van der Waals surface area (Å²) in [5.41, 5.74) is -0.840. The van der Waals surface area contributed by atoms with Crippen LogP contribution in [0, 0.1) is 23.2 Å². The van der Waals surface area contributed by atoms with Crippen LogP contribution in [0.2, 0.25) is 0 Å². The quantitative estimate of drug-likeness (QED) is 0.674. The summed E-state index contributed by atoms with van der Waals surface area (Å²) in [7, 11) is 0. The van der Waals surface area contributed by atoms with Crippen LogP contribution in [0.15, 0.2) is 12.2 Å². The van der Waals surface area contributed by atoms with Crippen LogP contribution in [0.5, 0.6) is 0 Å². The highest BCUT2D eigenvalue weighted by Gasteiger charge is 2.73. The molecule has 2 aliphatic carbocycles. The van der Waals surface area contributed by atoms with Crippen LogP contribution in [0.25, 0.3) is 0 Å². The summed E-state index contributed by atoms with van der Waals surface area (Å²) >= 11 is 0. The Morgan fingerprint density at radius 3 is 2.55 bits per heavy atom. The molecule has 0 unspecified atom stereocenters. The predicted octanol–water partition coefficient (Wildman–Crippen LogP) is 2.99.